The highest BCUT2D eigenvalue weighted by atomic mass is 79.9. The van der Waals surface area contributed by atoms with Crippen LogP contribution in [-0.2, 0) is 19.6 Å². The van der Waals surface area contributed by atoms with E-state index < -0.39 is 16.0 Å². The fraction of sp³-hybridized carbons (Fsp3) is 0.500. The fourth-order valence-corrected chi connectivity index (χ4v) is 4.48. The number of halogens is 1. The molecule has 21 heavy (non-hydrogen) atoms. The van der Waals surface area contributed by atoms with Crippen molar-refractivity contribution < 1.29 is 17.9 Å². The molecule has 0 bridgehead atoms. The molecule has 7 heteroatoms. The van der Waals surface area contributed by atoms with E-state index in [0.29, 0.717) is 10.0 Å². The van der Waals surface area contributed by atoms with Crippen LogP contribution in [0.4, 0.5) is 0 Å². The Morgan fingerprint density at radius 1 is 1.43 bits per heavy atom. The second-order valence-corrected chi connectivity index (χ2v) is 7.77. The van der Waals surface area contributed by atoms with Crippen molar-refractivity contribution >= 4 is 31.9 Å². The standard InChI is InChI=1S/C14H18BrNO4S/c1-3-20-14(17)9-16(12-6-7-12)21(18,19)13-8-11(15)5-4-10(13)2/h4-5,8,12H,3,6-7,9H2,1-2H3. The molecule has 0 saturated heterocycles. The summed E-state index contributed by atoms with van der Waals surface area (Å²) in [5.74, 6) is -0.513. The zero-order valence-corrected chi connectivity index (χ0v) is 14.4. The van der Waals surface area contributed by atoms with E-state index in [0.717, 1.165) is 12.8 Å². The van der Waals surface area contributed by atoms with Gasteiger partial charge in [0.1, 0.15) is 6.54 Å². The molecule has 0 aliphatic heterocycles. The summed E-state index contributed by atoms with van der Waals surface area (Å²) < 4.78 is 32.5. The third-order valence-electron chi connectivity index (χ3n) is 3.28. The van der Waals surface area contributed by atoms with Crippen LogP contribution in [0.2, 0.25) is 0 Å². The summed E-state index contributed by atoms with van der Waals surface area (Å²) in [6, 6.07) is 5.01. The summed E-state index contributed by atoms with van der Waals surface area (Å²) in [6.07, 6.45) is 1.57. The number of rotatable bonds is 6. The highest BCUT2D eigenvalue weighted by molar-refractivity contribution is 9.10. The normalized spacial score (nSPS) is 15.2. The lowest BCUT2D eigenvalue weighted by atomic mass is 10.2. The van der Waals surface area contributed by atoms with Gasteiger partial charge in [-0.15, -0.1) is 0 Å². The average molecular weight is 376 g/mol. The largest absolute Gasteiger partial charge is 0.465 e. The second kappa shape index (κ2) is 6.46. The molecule has 5 nitrogen and oxygen atoms in total. The van der Waals surface area contributed by atoms with Crippen molar-refractivity contribution in [3.05, 3.63) is 28.2 Å². The molecule has 116 valence electrons. The Kier molecular flexibility index (Phi) is 5.06. The summed E-state index contributed by atoms with van der Waals surface area (Å²) in [5.41, 5.74) is 0.660. The van der Waals surface area contributed by atoms with Crippen LogP contribution in [0.25, 0.3) is 0 Å². The van der Waals surface area contributed by atoms with E-state index in [1.807, 2.05) is 0 Å². The molecule has 0 atom stereocenters. The second-order valence-electron chi connectivity index (χ2n) is 5.00. The average Bonchev–Trinajstić information content (AvgIpc) is 3.23. The zero-order chi connectivity index (χ0) is 15.6. The Morgan fingerprint density at radius 3 is 2.67 bits per heavy atom. The lowest BCUT2D eigenvalue weighted by Gasteiger charge is -2.22. The van der Waals surface area contributed by atoms with E-state index in [2.05, 4.69) is 15.9 Å². The van der Waals surface area contributed by atoms with E-state index in [1.54, 1.807) is 32.0 Å². The third-order valence-corrected chi connectivity index (χ3v) is 5.81. The van der Waals surface area contributed by atoms with Gasteiger partial charge in [-0.05, 0) is 44.4 Å². The third kappa shape index (κ3) is 3.84. The summed E-state index contributed by atoms with van der Waals surface area (Å²) in [6.45, 7) is 3.46. The summed E-state index contributed by atoms with van der Waals surface area (Å²) in [7, 11) is -3.70. The number of aryl methyl sites for hydroxylation is 1. The minimum atomic E-state index is -3.70. The molecule has 0 aromatic heterocycles. The first-order chi connectivity index (χ1) is 9.86. The van der Waals surface area contributed by atoms with Crippen molar-refractivity contribution in [2.75, 3.05) is 13.2 Å². The van der Waals surface area contributed by atoms with Crippen LogP contribution in [0.1, 0.15) is 25.3 Å². The molecule has 1 saturated carbocycles. The van der Waals surface area contributed by atoms with Gasteiger partial charge in [-0.2, -0.15) is 4.31 Å². The van der Waals surface area contributed by atoms with Gasteiger partial charge in [0.25, 0.3) is 0 Å². The molecule has 0 radical (unpaired) electrons. The Hall–Kier alpha value is -0.920. The molecule has 1 fully saturated rings. The van der Waals surface area contributed by atoms with Crippen molar-refractivity contribution in [1.29, 1.82) is 0 Å². The van der Waals surface area contributed by atoms with Gasteiger partial charge in [0, 0.05) is 10.5 Å². The van der Waals surface area contributed by atoms with E-state index in [9.17, 15) is 13.2 Å². The minimum Gasteiger partial charge on any atom is -0.465 e. The van der Waals surface area contributed by atoms with E-state index in [-0.39, 0.29) is 24.1 Å². The van der Waals surface area contributed by atoms with Crippen LogP contribution in [-0.4, -0.2) is 37.9 Å². The predicted octanol–water partition coefficient (Wildman–Crippen LogP) is 2.47. The molecular formula is C14H18BrNO4S. The summed E-state index contributed by atoms with van der Waals surface area (Å²) >= 11 is 3.29. The molecule has 0 heterocycles. The quantitative estimate of drug-likeness (QED) is 0.716. The van der Waals surface area contributed by atoms with Gasteiger partial charge < -0.3 is 4.74 Å². The van der Waals surface area contributed by atoms with Crippen LogP contribution in [0.5, 0.6) is 0 Å². The molecule has 0 N–H and O–H groups in total. The number of carbonyl (C=O) groups is 1. The van der Waals surface area contributed by atoms with Gasteiger partial charge in [0.05, 0.1) is 11.5 Å². The number of sulfonamides is 1. The Bertz CT molecular complexity index is 640. The van der Waals surface area contributed by atoms with Crippen LogP contribution in [0, 0.1) is 6.92 Å². The van der Waals surface area contributed by atoms with Crippen molar-refractivity contribution in [2.24, 2.45) is 0 Å². The maximum absolute atomic E-state index is 12.8. The number of benzene rings is 1. The molecule has 1 aliphatic rings. The molecule has 0 unspecified atom stereocenters. The van der Waals surface area contributed by atoms with Gasteiger partial charge in [-0.3, -0.25) is 4.79 Å². The molecule has 2 rings (SSSR count). The van der Waals surface area contributed by atoms with Gasteiger partial charge in [0.2, 0.25) is 10.0 Å². The van der Waals surface area contributed by atoms with E-state index in [4.69, 9.17) is 4.74 Å². The maximum Gasteiger partial charge on any atom is 0.321 e. The highest BCUT2D eigenvalue weighted by Gasteiger charge is 2.40. The first kappa shape index (κ1) is 16.5. The van der Waals surface area contributed by atoms with Crippen molar-refractivity contribution in [2.45, 2.75) is 37.6 Å². The van der Waals surface area contributed by atoms with Gasteiger partial charge in [-0.25, -0.2) is 8.42 Å². The lowest BCUT2D eigenvalue weighted by Crippen LogP contribution is -2.38. The number of ether oxygens (including phenoxy) is 1. The van der Waals surface area contributed by atoms with Crippen LogP contribution in [0.3, 0.4) is 0 Å². The Labute approximate surface area is 133 Å². The highest BCUT2D eigenvalue weighted by Crippen LogP contribution is 2.33. The molecule has 0 spiro atoms. The van der Waals surface area contributed by atoms with Crippen molar-refractivity contribution in [1.82, 2.24) is 4.31 Å². The SMILES string of the molecule is CCOC(=O)CN(C1CC1)S(=O)(=O)c1cc(Br)ccc1C. The van der Waals surface area contributed by atoms with Gasteiger partial charge >= 0.3 is 5.97 Å². The number of nitrogens with zero attached hydrogens (tertiary/aromatic N) is 1. The lowest BCUT2D eigenvalue weighted by molar-refractivity contribution is -0.143. The number of carbonyl (C=O) groups excluding carboxylic acids is 1. The van der Waals surface area contributed by atoms with E-state index >= 15 is 0 Å². The van der Waals surface area contributed by atoms with E-state index in [1.165, 1.54) is 4.31 Å². The van der Waals surface area contributed by atoms with Crippen LogP contribution >= 0.6 is 15.9 Å². The fourth-order valence-electron chi connectivity index (χ4n) is 2.08. The topological polar surface area (TPSA) is 63.7 Å². The molecule has 1 aromatic carbocycles. The number of esters is 1. The van der Waals surface area contributed by atoms with Crippen molar-refractivity contribution in [3.8, 4) is 0 Å². The monoisotopic (exact) mass is 375 g/mol. The maximum atomic E-state index is 12.8. The van der Waals surface area contributed by atoms with Crippen LogP contribution in [0.15, 0.2) is 27.6 Å². The molecule has 1 aliphatic carbocycles. The smallest absolute Gasteiger partial charge is 0.321 e. The predicted molar refractivity (Wildman–Crippen MR) is 82.4 cm³/mol. The van der Waals surface area contributed by atoms with Gasteiger partial charge in [-0.1, -0.05) is 22.0 Å². The number of hydrogen-bond donors (Lipinski definition) is 0. The number of hydrogen-bond acceptors (Lipinski definition) is 4. The Balaban J connectivity index is 2.34. The molecular weight excluding hydrogens is 358 g/mol. The van der Waals surface area contributed by atoms with Crippen LogP contribution < -0.4 is 0 Å². The first-order valence-corrected chi connectivity index (χ1v) is 9.03. The van der Waals surface area contributed by atoms with Crippen molar-refractivity contribution in [3.63, 3.8) is 0 Å². The minimum absolute atomic E-state index is 0.0993. The first-order valence-electron chi connectivity index (χ1n) is 6.80. The van der Waals surface area contributed by atoms with Gasteiger partial charge in [0.15, 0.2) is 0 Å². The summed E-state index contributed by atoms with van der Waals surface area (Å²) in [4.78, 5) is 11.9. The zero-order valence-electron chi connectivity index (χ0n) is 12.0. The molecule has 0 amide bonds. The summed E-state index contributed by atoms with van der Waals surface area (Å²) in [5, 5.41) is 0. The Morgan fingerprint density at radius 2 is 2.10 bits per heavy atom. The molecule has 1 aromatic rings.